The Morgan fingerprint density at radius 3 is 2.38 bits per heavy atom. The van der Waals surface area contributed by atoms with Gasteiger partial charge in [-0.05, 0) is 41.5 Å². The highest BCUT2D eigenvalue weighted by atomic mass is 32.2. The molecule has 0 heterocycles. The SMILES string of the molecule is C=CCN(Cc1ccc(C#N)cc1)C(=O)c1cccc(S(=O)(=O)NCc2ccccc2)c1. The predicted molar refractivity (Wildman–Crippen MR) is 123 cm³/mol. The number of sulfonamides is 1. The number of nitrogens with zero attached hydrogens (tertiary/aromatic N) is 2. The lowest BCUT2D eigenvalue weighted by molar-refractivity contribution is 0.0762. The third-order valence-corrected chi connectivity index (χ3v) is 6.19. The van der Waals surface area contributed by atoms with Crippen molar-refractivity contribution in [3.05, 3.63) is 114 Å². The maximum absolute atomic E-state index is 13.1. The van der Waals surface area contributed by atoms with E-state index >= 15 is 0 Å². The fraction of sp³-hybridized carbons (Fsp3) is 0.120. The molecule has 0 saturated heterocycles. The average molecular weight is 446 g/mol. The first-order valence-corrected chi connectivity index (χ1v) is 11.4. The zero-order valence-corrected chi connectivity index (χ0v) is 18.3. The molecule has 0 aliphatic rings. The van der Waals surface area contributed by atoms with Crippen molar-refractivity contribution in [3.8, 4) is 6.07 Å². The second-order valence-electron chi connectivity index (χ2n) is 7.12. The van der Waals surface area contributed by atoms with E-state index in [0.717, 1.165) is 11.1 Å². The number of nitrogens with one attached hydrogen (secondary N) is 1. The van der Waals surface area contributed by atoms with Crippen molar-refractivity contribution in [1.29, 1.82) is 5.26 Å². The van der Waals surface area contributed by atoms with Gasteiger partial charge in [0.15, 0.2) is 0 Å². The summed E-state index contributed by atoms with van der Waals surface area (Å²) in [5.41, 5.74) is 2.50. The second kappa shape index (κ2) is 10.5. The van der Waals surface area contributed by atoms with E-state index in [0.29, 0.717) is 18.7 Å². The fourth-order valence-electron chi connectivity index (χ4n) is 3.12. The normalized spacial score (nSPS) is 10.8. The summed E-state index contributed by atoms with van der Waals surface area (Å²) in [5.74, 6) is -0.311. The van der Waals surface area contributed by atoms with Gasteiger partial charge in [0.2, 0.25) is 10.0 Å². The Balaban J connectivity index is 1.78. The number of amides is 1. The molecule has 0 aromatic heterocycles. The van der Waals surface area contributed by atoms with E-state index in [1.807, 2.05) is 30.3 Å². The summed E-state index contributed by atoms with van der Waals surface area (Å²) in [7, 11) is -3.79. The van der Waals surface area contributed by atoms with Crippen LogP contribution in [0, 0.1) is 11.3 Å². The predicted octanol–water partition coefficient (Wildman–Crippen LogP) is 3.87. The minimum absolute atomic E-state index is 0.0243. The lowest BCUT2D eigenvalue weighted by atomic mass is 10.1. The molecule has 3 aromatic rings. The first-order valence-electron chi connectivity index (χ1n) is 9.96. The summed E-state index contributed by atoms with van der Waals surface area (Å²) < 4.78 is 28.1. The summed E-state index contributed by atoms with van der Waals surface area (Å²) in [6.45, 7) is 4.47. The summed E-state index contributed by atoms with van der Waals surface area (Å²) >= 11 is 0. The third kappa shape index (κ3) is 5.91. The average Bonchev–Trinajstić information content (AvgIpc) is 2.83. The molecule has 1 N–H and O–H groups in total. The number of rotatable bonds is 9. The summed E-state index contributed by atoms with van der Waals surface area (Å²) in [6, 6.07) is 24.2. The van der Waals surface area contributed by atoms with Crippen LogP contribution in [0.25, 0.3) is 0 Å². The van der Waals surface area contributed by atoms with Gasteiger partial charge in [0.25, 0.3) is 5.91 Å². The molecule has 1 amide bonds. The highest BCUT2D eigenvalue weighted by Crippen LogP contribution is 2.16. The van der Waals surface area contributed by atoms with Crippen LogP contribution in [0.4, 0.5) is 0 Å². The molecular weight excluding hydrogens is 422 g/mol. The fourth-order valence-corrected chi connectivity index (χ4v) is 4.18. The van der Waals surface area contributed by atoms with Gasteiger partial charge in [-0.1, -0.05) is 54.6 Å². The van der Waals surface area contributed by atoms with Crippen LogP contribution in [0.1, 0.15) is 27.0 Å². The van der Waals surface area contributed by atoms with Gasteiger partial charge in [0.05, 0.1) is 16.5 Å². The van der Waals surface area contributed by atoms with Gasteiger partial charge >= 0.3 is 0 Å². The molecule has 0 atom stereocenters. The zero-order valence-electron chi connectivity index (χ0n) is 17.4. The zero-order chi connectivity index (χ0) is 23.0. The van der Waals surface area contributed by atoms with Crippen LogP contribution in [0.5, 0.6) is 0 Å². The summed E-state index contributed by atoms with van der Waals surface area (Å²) in [4.78, 5) is 14.7. The number of carbonyl (C=O) groups is 1. The van der Waals surface area contributed by atoms with E-state index in [1.54, 1.807) is 47.4 Å². The Morgan fingerprint density at radius 2 is 1.72 bits per heavy atom. The Bertz CT molecular complexity index is 1230. The van der Waals surface area contributed by atoms with Crippen molar-refractivity contribution in [2.45, 2.75) is 18.0 Å². The first-order chi connectivity index (χ1) is 15.4. The van der Waals surface area contributed by atoms with Gasteiger partial charge in [-0.15, -0.1) is 6.58 Å². The van der Waals surface area contributed by atoms with E-state index in [2.05, 4.69) is 17.4 Å². The summed E-state index contributed by atoms with van der Waals surface area (Å²) in [5, 5.41) is 8.94. The van der Waals surface area contributed by atoms with Crippen molar-refractivity contribution in [3.63, 3.8) is 0 Å². The maximum atomic E-state index is 13.1. The van der Waals surface area contributed by atoms with Crippen LogP contribution in [0.15, 0.2) is 96.4 Å². The van der Waals surface area contributed by atoms with Crippen LogP contribution in [-0.4, -0.2) is 25.8 Å². The van der Waals surface area contributed by atoms with Gasteiger partial charge < -0.3 is 4.90 Å². The molecule has 3 aromatic carbocycles. The first kappa shape index (κ1) is 22.9. The van der Waals surface area contributed by atoms with E-state index in [1.165, 1.54) is 12.1 Å². The lowest BCUT2D eigenvalue weighted by Gasteiger charge is -2.22. The van der Waals surface area contributed by atoms with Gasteiger partial charge in [0.1, 0.15) is 0 Å². The maximum Gasteiger partial charge on any atom is 0.254 e. The van der Waals surface area contributed by atoms with Crippen LogP contribution in [0.2, 0.25) is 0 Å². The van der Waals surface area contributed by atoms with Crippen molar-refractivity contribution in [1.82, 2.24) is 9.62 Å². The molecule has 32 heavy (non-hydrogen) atoms. The molecule has 0 aliphatic carbocycles. The molecular formula is C25H23N3O3S. The van der Waals surface area contributed by atoms with Crippen molar-refractivity contribution in [2.75, 3.05) is 6.54 Å². The topological polar surface area (TPSA) is 90.3 Å². The monoisotopic (exact) mass is 445 g/mol. The van der Waals surface area contributed by atoms with Crippen LogP contribution >= 0.6 is 0 Å². The van der Waals surface area contributed by atoms with Crippen LogP contribution in [-0.2, 0) is 23.1 Å². The van der Waals surface area contributed by atoms with Gasteiger partial charge in [-0.3, -0.25) is 4.79 Å². The molecule has 0 saturated carbocycles. The highest BCUT2D eigenvalue weighted by Gasteiger charge is 2.19. The van der Waals surface area contributed by atoms with E-state index in [9.17, 15) is 13.2 Å². The Kier molecular flexibility index (Phi) is 7.55. The molecule has 162 valence electrons. The molecule has 0 fully saturated rings. The van der Waals surface area contributed by atoms with Gasteiger partial charge in [-0.25, -0.2) is 13.1 Å². The molecule has 6 nitrogen and oxygen atoms in total. The van der Waals surface area contributed by atoms with E-state index in [-0.39, 0.29) is 22.9 Å². The quantitative estimate of drug-likeness (QED) is 0.506. The Labute approximate surface area is 188 Å². The molecule has 0 bridgehead atoms. The smallest absolute Gasteiger partial charge is 0.254 e. The van der Waals surface area contributed by atoms with E-state index < -0.39 is 10.0 Å². The molecule has 0 radical (unpaired) electrons. The van der Waals surface area contributed by atoms with Crippen LogP contribution in [0.3, 0.4) is 0 Å². The minimum Gasteiger partial charge on any atom is -0.331 e. The number of benzene rings is 3. The Hall–Kier alpha value is -3.73. The second-order valence-corrected chi connectivity index (χ2v) is 8.89. The molecule has 0 spiro atoms. The number of hydrogen-bond acceptors (Lipinski definition) is 4. The molecule has 7 heteroatoms. The Morgan fingerprint density at radius 1 is 1.00 bits per heavy atom. The lowest BCUT2D eigenvalue weighted by Crippen LogP contribution is -2.31. The van der Waals surface area contributed by atoms with Gasteiger partial charge in [0, 0.05) is 25.2 Å². The van der Waals surface area contributed by atoms with Crippen molar-refractivity contribution >= 4 is 15.9 Å². The van der Waals surface area contributed by atoms with E-state index in [4.69, 9.17) is 5.26 Å². The number of nitriles is 1. The third-order valence-electron chi connectivity index (χ3n) is 4.79. The van der Waals surface area contributed by atoms with Crippen molar-refractivity contribution < 1.29 is 13.2 Å². The number of carbonyl (C=O) groups excluding carboxylic acids is 1. The molecule has 0 unspecified atom stereocenters. The summed E-state index contributed by atoms with van der Waals surface area (Å²) in [6.07, 6.45) is 1.61. The van der Waals surface area contributed by atoms with Crippen molar-refractivity contribution in [2.24, 2.45) is 0 Å². The number of hydrogen-bond donors (Lipinski definition) is 1. The minimum atomic E-state index is -3.79. The largest absolute Gasteiger partial charge is 0.331 e. The molecule has 3 rings (SSSR count). The molecule has 0 aliphatic heterocycles. The standard InChI is InChI=1S/C25H23N3O3S/c1-2-15-28(19-22-13-11-20(17-26)12-14-22)25(29)23-9-6-10-24(16-23)32(30,31)27-18-21-7-4-3-5-8-21/h2-14,16,27H,1,15,18-19H2. The highest BCUT2D eigenvalue weighted by molar-refractivity contribution is 7.89. The van der Waals surface area contributed by atoms with Gasteiger partial charge in [-0.2, -0.15) is 5.26 Å². The van der Waals surface area contributed by atoms with Crippen LogP contribution < -0.4 is 4.72 Å².